The fourth-order valence-electron chi connectivity index (χ4n) is 1.84. The van der Waals surface area contributed by atoms with Crippen LogP contribution in [0, 0.1) is 5.92 Å². The highest BCUT2D eigenvalue weighted by atomic mass is 16.4. The molecule has 0 spiro atoms. The lowest BCUT2D eigenvalue weighted by Gasteiger charge is -2.17. The van der Waals surface area contributed by atoms with Crippen LogP contribution in [0.15, 0.2) is 35.5 Å². The summed E-state index contributed by atoms with van der Waals surface area (Å²) in [6.07, 6.45) is 0.469. The predicted molar refractivity (Wildman–Crippen MR) is 73.6 cm³/mol. The lowest BCUT2D eigenvalue weighted by atomic mass is 10.0. The summed E-state index contributed by atoms with van der Waals surface area (Å²) in [6, 6.07) is 8.73. The standard InChI is InChI=1S/C14H20N2O3/c1-10(2)13(14(17)18)15-9-8-12(16-19)11-6-4-3-5-7-11/h3-7,10,13,15,19H,8-9H2,1-2H3,(H,17,18)/b16-12+/t13-/m1/s1. The van der Waals surface area contributed by atoms with Crippen molar-refractivity contribution in [3.8, 4) is 0 Å². The van der Waals surface area contributed by atoms with Crippen LogP contribution < -0.4 is 5.32 Å². The number of carboxylic acids is 1. The zero-order valence-corrected chi connectivity index (χ0v) is 11.2. The number of carbonyl (C=O) groups is 1. The van der Waals surface area contributed by atoms with Crippen molar-refractivity contribution in [2.45, 2.75) is 26.3 Å². The fraction of sp³-hybridized carbons (Fsp3) is 0.429. The third-order valence-corrected chi connectivity index (χ3v) is 2.89. The Morgan fingerprint density at radius 2 is 1.95 bits per heavy atom. The van der Waals surface area contributed by atoms with Gasteiger partial charge in [0.2, 0.25) is 0 Å². The van der Waals surface area contributed by atoms with Gasteiger partial charge in [-0.25, -0.2) is 0 Å². The first kappa shape index (κ1) is 15.2. The van der Waals surface area contributed by atoms with Crippen LogP contribution in [-0.2, 0) is 4.79 Å². The van der Waals surface area contributed by atoms with Gasteiger partial charge in [0.05, 0.1) is 5.71 Å². The molecule has 0 bridgehead atoms. The Bertz CT molecular complexity index is 430. The maximum absolute atomic E-state index is 11.0. The van der Waals surface area contributed by atoms with Gasteiger partial charge in [0.15, 0.2) is 0 Å². The summed E-state index contributed by atoms with van der Waals surface area (Å²) >= 11 is 0. The number of hydrogen-bond donors (Lipinski definition) is 3. The monoisotopic (exact) mass is 264 g/mol. The Morgan fingerprint density at radius 3 is 2.42 bits per heavy atom. The average molecular weight is 264 g/mol. The molecule has 0 heterocycles. The summed E-state index contributed by atoms with van der Waals surface area (Å²) in [7, 11) is 0. The Labute approximate surface area is 113 Å². The predicted octanol–water partition coefficient (Wildman–Crippen LogP) is 1.95. The molecule has 19 heavy (non-hydrogen) atoms. The molecule has 0 unspecified atom stereocenters. The second-order valence-corrected chi connectivity index (χ2v) is 4.68. The van der Waals surface area contributed by atoms with Gasteiger partial charge in [0.1, 0.15) is 6.04 Å². The second kappa shape index (κ2) is 7.53. The Balaban J connectivity index is 2.54. The number of hydrogen-bond acceptors (Lipinski definition) is 4. The Hall–Kier alpha value is -1.88. The first-order valence-corrected chi connectivity index (χ1v) is 6.28. The first-order chi connectivity index (χ1) is 9.06. The molecule has 104 valence electrons. The largest absolute Gasteiger partial charge is 0.480 e. The van der Waals surface area contributed by atoms with E-state index in [0.29, 0.717) is 18.7 Å². The van der Waals surface area contributed by atoms with Crippen molar-refractivity contribution < 1.29 is 15.1 Å². The molecule has 5 heteroatoms. The minimum Gasteiger partial charge on any atom is -0.480 e. The van der Waals surface area contributed by atoms with Crippen LogP contribution in [0.1, 0.15) is 25.8 Å². The molecule has 0 aromatic heterocycles. The van der Waals surface area contributed by atoms with Crippen molar-refractivity contribution in [1.82, 2.24) is 5.32 Å². The lowest BCUT2D eigenvalue weighted by molar-refractivity contribution is -0.140. The summed E-state index contributed by atoms with van der Waals surface area (Å²) in [4.78, 5) is 11.0. The van der Waals surface area contributed by atoms with Crippen LogP contribution in [0.5, 0.6) is 0 Å². The quantitative estimate of drug-likeness (QED) is 0.399. The average Bonchev–Trinajstić information content (AvgIpc) is 2.39. The highest BCUT2D eigenvalue weighted by Gasteiger charge is 2.20. The number of nitrogens with zero attached hydrogens (tertiary/aromatic N) is 1. The van der Waals surface area contributed by atoms with Crippen molar-refractivity contribution in [3.05, 3.63) is 35.9 Å². The van der Waals surface area contributed by atoms with Crippen LogP contribution in [-0.4, -0.2) is 34.6 Å². The van der Waals surface area contributed by atoms with Gasteiger partial charge in [-0.1, -0.05) is 49.3 Å². The number of nitrogens with one attached hydrogen (secondary N) is 1. The van der Waals surface area contributed by atoms with Crippen molar-refractivity contribution in [2.75, 3.05) is 6.54 Å². The van der Waals surface area contributed by atoms with E-state index in [1.165, 1.54) is 0 Å². The van der Waals surface area contributed by atoms with Crippen LogP contribution in [0.3, 0.4) is 0 Å². The second-order valence-electron chi connectivity index (χ2n) is 4.68. The number of benzene rings is 1. The molecule has 0 radical (unpaired) electrons. The third kappa shape index (κ3) is 4.71. The normalized spacial score (nSPS) is 13.5. The van der Waals surface area contributed by atoms with E-state index in [-0.39, 0.29) is 5.92 Å². The van der Waals surface area contributed by atoms with E-state index < -0.39 is 12.0 Å². The van der Waals surface area contributed by atoms with Gasteiger partial charge in [-0.2, -0.15) is 0 Å². The summed E-state index contributed by atoms with van der Waals surface area (Å²) in [5.74, 6) is -0.860. The van der Waals surface area contributed by atoms with Crippen LogP contribution in [0.2, 0.25) is 0 Å². The molecule has 0 fully saturated rings. The molecule has 5 nitrogen and oxygen atoms in total. The maximum atomic E-state index is 11.0. The van der Waals surface area contributed by atoms with Gasteiger partial charge in [-0.15, -0.1) is 0 Å². The van der Waals surface area contributed by atoms with Gasteiger partial charge in [-0.05, 0) is 11.5 Å². The van der Waals surface area contributed by atoms with E-state index in [4.69, 9.17) is 10.3 Å². The Kier molecular flexibility index (Phi) is 6.02. The topological polar surface area (TPSA) is 81.9 Å². The molecular formula is C14H20N2O3. The summed E-state index contributed by atoms with van der Waals surface area (Å²) in [6.45, 7) is 4.15. The highest BCUT2D eigenvalue weighted by molar-refractivity contribution is 6.00. The molecule has 0 aliphatic rings. The number of rotatable bonds is 7. The smallest absolute Gasteiger partial charge is 0.320 e. The van der Waals surface area contributed by atoms with E-state index in [2.05, 4.69) is 10.5 Å². The van der Waals surface area contributed by atoms with E-state index in [9.17, 15) is 4.79 Å². The van der Waals surface area contributed by atoms with Crippen LogP contribution in [0.25, 0.3) is 0 Å². The van der Waals surface area contributed by atoms with Gasteiger partial charge in [-0.3, -0.25) is 4.79 Å². The SMILES string of the molecule is CC(C)[C@@H](NCC/C(=N\O)c1ccccc1)C(=O)O. The molecule has 1 rings (SSSR count). The lowest BCUT2D eigenvalue weighted by Crippen LogP contribution is -2.41. The van der Waals surface area contributed by atoms with Gasteiger partial charge in [0.25, 0.3) is 0 Å². The van der Waals surface area contributed by atoms with E-state index in [1.54, 1.807) is 0 Å². The van der Waals surface area contributed by atoms with E-state index >= 15 is 0 Å². The van der Waals surface area contributed by atoms with Gasteiger partial charge in [0, 0.05) is 13.0 Å². The molecule has 1 atom stereocenters. The molecule has 0 aliphatic carbocycles. The molecule has 0 aliphatic heterocycles. The number of aliphatic carboxylic acids is 1. The zero-order valence-electron chi connectivity index (χ0n) is 11.2. The zero-order chi connectivity index (χ0) is 14.3. The van der Waals surface area contributed by atoms with E-state index in [0.717, 1.165) is 5.56 Å². The molecule has 0 saturated carbocycles. The summed E-state index contributed by atoms with van der Waals surface area (Å²) < 4.78 is 0. The molecule has 1 aromatic carbocycles. The van der Waals surface area contributed by atoms with Gasteiger partial charge < -0.3 is 15.6 Å². The number of carboxylic acid groups (broad SMARTS) is 1. The van der Waals surface area contributed by atoms with Gasteiger partial charge >= 0.3 is 5.97 Å². The number of oxime groups is 1. The molecule has 1 aromatic rings. The molecule has 0 saturated heterocycles. The minimum absolute atomic E-state index is 0.00346. The highest BCUT2D eigenvalue weighted by Crippen LogP contribution is 2.05. The minimum atomic E-state index is -0.864. The van der Waals surface area contributed by atoms with Crippen molar-refractivity contribution in [1.29, 1.82) is 0 Å². The van der Waals surface area contributed by atoms with Crippen LogP contribution in [0.4, 0.5) is 0 Å². The van der Waals surface area contributed by atoms with E-state index in [1.807, 2.05) is 44.2 Å². The van der Waals surface area contributed by atoms with Crippen molar-refractivity contribution >= 4 is 11.7 Å². The van der Waals surface area contributed by atoms with Crippen molar-refractivity contribution in [3.63, 3.8) is 0 Å². The third-order valence-electron chi connectivity index (χ3n) is 2.89. The molecular weight excluding hydrogens is 244 g/mol. The van der Waals surface area contributed by atoms with Crippen LogP contribution >= 0.6 is 0 Å². The summed E-state index contributed by atoms with van der Waals surface area (Å²) in [5.41, 5.74) is 1.38. The molecule has 0 amide bonds. The fourth-order valence-corrected chi connectivity index (χ4v) is 1.84. The van der Waals surface area contributed by atoms with Crippen molar-refractivity contribution in [2.24, 2.45) is 11.1 Å². The first-order valence-electron chi connectivity index (χ1n) is 6.28. The Morgan fingerprint density at radius 1 is 1.32 bits per heavy atom. The maximum Gasteiger partial charge on any atom is 0.320 e. The molecule has 3 N–H and O–H groups in total. The summed E-state index contributed by atoms with van der Waals surface area (Å²) in [5, 5.41) is 24.3.